The van der Waals surface area contributed by atoms with Crippen molar-refractivity contribution in [3.8, 4) is 22.0 Å². The van der Waals surface area contributed by atoms with Crippen LogP contribution in [-0.4, -0.2) is 25.1 Å². The third kappa shape index (κ3) is 4.32. The lowest BCUT2D eigenvalue weighted by Gasteiger charge is -2.28. The molecule has 0 saturated heterocycles. The van der Waals surface area contributed by atoms with Gasteiger partial charge in [-0.15, -0.1) is 11.3 Å². The predicted octanol–water partition coefficient (Wildman–Crippen LogP) is 7.61. The van der Waals surface area contributed by atoms with Crippen molar-refractivity contribution < 1.29 is 0 Å². The van der Waals surface area contributed by atoms with Gasteiger partial charge >= 0.3 is 0 Å². The van der Waals surface area contributed by atoms with E-state index in [4.69, 9.17) is 4.98 Å². The monoisotopic (exact) mass is 504 g/mol. The van der Waals surface area contributed by atoms with Crippen LogP contribution in [0.2, 0.25) is 0 Å². The molecule has 0 amide bonds. The van der Waals surface area contributed by atoms with Crippen molar-refractivity contribution in [1.29, 1.82) is 0 Å². The van der Waals surface area contributed by atoms with Gasteiger partial charge in [0.1, 0.15) is 11.2 Å². The summed E-state index contributed by atoms with van der Waals surface area (Å²) in [5.74, 6) is 0.548. The Morgan fingerprint density at radius 3 is 2.78 bits per heavy atom. The summed E-state index contributed by atoms with van der Waals surface area (Å²) in [7, 11) is 0. The highest BCUT2D eigenvalue weighted by atomic mass is 32.1. The summed E-state index contributed by atoms with van der Waals surface area (Å²) in [6, 6.07) is 12.3. The van der Waals surface area contributed by atoms with Crippen LogP contribution >= 0.6 is 11.3 Å². The average Bonchev–Trinajstić information content (AvgIpc) is 3.64. The number of allylic oxidation sites excluding steroid dienone is 5. The number of H-pyrrole nitrogens is 2. The molecule has 1 fully saturated rings. The fourth-order valence-corrected chi connectivity index (χ4v) is 5.44. The van der Waals surface area contributed by atoms with E-state index in [9.17, 15) is 0 Å². The van der Waals surface area contributed by atoms with E-state index >= 15 is 0 Å². The Morgan fingerprint density at radius 1 is 1.16 bits per heavy atom. The Labute approximate surface area is 219 Å². The molecule has 0 radical (unpaired) electrons. The van der Waals surface area contributed by atoms with Gasteiger partial charge in [-0.1, -0.05) is 31.7 Å². The predicted molar refractivity (Wildman–Crippen MR) is 154 cm³/mol. The van der Waals surface area contributed by atoms with Gasteiger partial charge in [0.15, 0.2) is 0 Å². The molecule has 0 aromatic carbocycles. The Kier molecular flexibility index (Phi) is 6.06. The molecule has 0 unspecified atom stereocenters. The normalized spacial score (nSPS) is 14.7. The maximum Gasteiger partial charge on any atom is 0.135 e. The lowest BCUT2D eigenvalue weighted by Crippen LogP contribution is -2.23. The van der Waals surface area contributed by atoms with Crippen LogP contribution in [0.15, 0.2) is 90.8 Å². The Bertz CT molecular complexity index is 1680. The van der Waals surface area contributed by atoms with Gasteiger partial charge < -0.3 is 10.3 Å². The molecule has 0 atom stereocenters. The molecule has 0 spiro atoms. The van der Waals surface area contributed by atoms with E-state index in [0.29, 0.717) is 5.92 Å². The Morgan fingerprint density at radius 2 is 2.05 bits per heavy atom. The quantitative estimate of drug-likeness (QED) is 0.190. The Hall–Kier alpha value is -4.23. The first-order valence-corrected chi connectivity index (χ1v) is 13.4. The summed E-state index contributed by atoms with van der Waals surface area (Å²) in [6.45, 7) is 10.3. The molecular formula is C30H28N6S. The molecule has 5 aromatic rings. The fourth-order valence-electron chi connectivity index (χ4n) is 4.70. The second-order valence-electron chi connectivity index (χ2n) is 9.27. The van der Waals surface area contributed by atoms with Crippen molar-refractivity contribution in [2.75, 3.05) is 0 Å². The number of nitrogens with zero attached hydrogens (tertiary/aromatic N) is 3. The zero-order chi connectivity index (χ0) is 25.4. The fraction of sp³-hybridized carbons (Fsp3) is 0.167. The van der Waals surface area contributed by atoms with E-state index in [1.165, 1.54) is 19.3 Å². The molecule has 184 valence electrons. The van der Waals surface area contributed by atoms with Crippen molar-refractivity contribution in [2.45, 2.75) is 26.2 Å². The molecule has 1 aliphatic rings. The number of thiophene rings is 1. The number of pyridine rings is 2. The molecule has 1 aliphatic carbocycles. The van der Waals surface area contributed by atoms with Crippen LogP contribution in [0.3, 0.4) is 0 Å². The van der Waals surface area contributed by atoms with E-state index in [0.717, 1.165) is 66.6 Å². The second kappa shape index (κ2) is 9.67. The van der Waals surface area contributed by atoms with Crippen molar-refractivity contribution in [3.63, 3.8) is 0 Å². The smallest absolute Gasteiger partial charge is 0.135 e. The molecule has 5 aromatic heterocycles. The minimum atomic E-state index is 0.548. The number of aromatic amines is 2. The Balaban J connectivity index is 1.37. The van der Waals surface area contributed by atoms with E-state index in [1.54, 1.807) is 11.3 Å². The van der Waals surface area contributed by atoms with Crippen LogP contribution in [0.5, 0.6) is 0 Å². The highest BCUT2D eigenvalue weighted by Gasteiger charge is 2.21. The zero-order valence-corrected chi connectivity index (χ0v) is 21.5. The number of nitrogens with one attached hydrogen (secondary N) is 3. The lowest BCUT2D eigenvalue weighted by molar-refractivity contribution is 0.356. The number of rotatable bonds is 8. The maximum atomic E-state index is 5.03. The molecular weight excluding hydrogens is 476 g/mol. The van der Waals surface area contributed by atoms with Crippen LogP contribution in [-0.2, 0) is 0 Å². The summed E-state index contributed by atoms with van der Waals surface area (Å²) < 4.78 is 0. The number of hydrogen-bond donors (Lipinski definition) is 3. The minimum absolute atomic E-state index is 0.548. The highest BCUT2D eigenvalue weighted by Crippen LogP contribution is 2.35. The summed E-state index contributed by atoms with van der Waals surface area (Å²) in [4.78, 5) is 14.3. The molecule has 0 bridgehead atoms. The molecule has 7 heteroatoms. The van der Waals surface area contributed by atoms with Crippen LogP contribution in [0.4, 0.5) is 0 Å². The van der Waals surface area contributed by atoms with Crippen LogP contribution < -0.4 is 5.32 Å². The molecule has 0 aliphatic heterocycles. The van der Waals surface area contributed by atoms with Crippen LogP contribution in [0, 0.1) is 5.92 Å². The first-order valence-electron chi connectivity index (χ1n) is 12.5. The van der Waals surface area contributed by atoms with Gasteiger partial charge in [0, 0.05) is 28.5 Å². The van der Waals surface area contributed by atoms with E-state index in [-0.39, 0.29) is 0 Å². The number of fused-ring (bicyclic) bond motifs is 2. The van der Waals surface area contributed by atoms with E-state index < -0.39 is 0 Å². The van der Waals surface area contributed by atoms with Gasteiger partial charge in [-0.25, -0.2) is 4.98 Å². The third-order valence-corrected chi connectivity index (χ3v) is 7.88. The highest BCUT2D eigenvalue weighted by molar-refractivity contribution is 7.13. The second-order valence-corrected chi connectivity index (χ2v) is 10.2. The zero-order valence-electron chi connectivity index (χ0n) is 20.7. The molecule has 3 N–H and O–H groups in total. The van der Waals surface area contributed by atoms with Crippen molar-refractivity contribution >= 4 is 38.8 Å². The maximum absolute atomic E-state index is 5.03. The minimum Gasteiger partial charge on any atom is -0.359 e. The summed E-state index contributed by atoms with van der Waals surface area (Å²) in [6.07, 6.45) is 11.5. The van der Waals surface area contributed by atoms with Crippen LogP contribution in [0.25, 0.3) is 49.5 Å². The topological polar surface area (TPSA) is 82.3 Å². The van der Waals surface area contributed by atoms with Crippen LogP contribution in [0.1, 0.15) is 31.9 Å². The molecule has 5 heterocycles. The van der Waals surface area contributed by atoms with Crippen molar-refractivity contribution in [2.24, 2.45) is 5.92 Å². The molecule has 1 saturated carbocycles. The van der Waals surface area contributed by atoms with E-state index in [2.05, 4.69) is 68.3 Å². The van der Waals surface area contributed by atoms with Crippen molar-refractivity contribution in [3.05, 3.63) is 96.4 Å². The first kappa shape index (κ1) is 23.2. The number of hydrogen-bond acceptors (Lipinski definition) is 5. The average molecular weight is 505 g/mol. The summed E-state index contributed by atoms with van der Waals surface area (Å²) in [5.41, 5.74) is 9.22. The summed E-state index contributed by atoms with van der Waals surface area (Å²) in [5, 5.41) is 14.4. The molecule has 6 rings (SSSR count). The molecule has 6 nitrogen and oxygen atoms in total. The third-order valence-electron chi connectivity index (χ3n) is 7.01. The lowest BCUT2D eigenvalue weighted by atomic mass is 9.83. The largest absolute Gasteiger partial charge is 0.359 e. The van der Waals surface area contributed by atoms with Gasteiger partial charge in [-0.3, -0.25) is 10.1 Å². The number of aromatic nitrogens is 5. The standard InChI is InChI=1S/C30H28N6S/c1-4-19(16-21(5-2)32-18(3)20-8-6-9-20)23-11-12-25-29(34-23)30(36-35-25)26-17-22-24(33-26)13-14-31-28(22)27-10-7-15-37-27/h4-5,7,10-17,20,32-33H,2-3,6,8-9H2,1H3,(H,35,36)/b19-4+,21-16+. The SMILES string of the molecule is C=C/C(=C\C(=C/C)c1ccc2[nH]nc(-c3cc4c(-c5cccs5)nccc4[nH]3)c2n1)NC(=C)C1CCC1. The van der Waals surface area contributed by atoms with Gasteiger partial charge in [0.25, 0.3) is 0 Å². The van der Waals surface area contributed by atoms with Gasteiger partial charge in [-0.05, 0) is 79.1 Å². The summed E-state index contributed by atoms with van der Waals surface area (Å²) >= 11 is 1.68. The van der Waals surface area contributed by atoms with Gasteiger partial charge in [0.05, 0.1) is 27.5 Å². The molecule has 37 heavy (non-hydrogen) atoms. The van der Waals surface area contributed by atoms with Crippen molar-refractivity contribution in [1.82, 2.24) is 30.5 Å². The van der Waals surface area contributed by atoms with E-state index in [1.807, 2.05) is 43.5 Å². The van der Waals surface area contributed by atoms with Gasteiger partial charge in [-0.2, -0.15) is 5.10 Å². The first-order chi connectivity index (χ1) is 18.1. The van der Waals surface area contributed by atoms with Gasteiger partial charge in [0.2, 0.25) is 0 Å².